The molecule has 5 rings (SSSR count). The SMILES string of the molecule is Cc1cncn1-c1cc2cc(Nc3cc4n(n3)CC(=O)N(C(C)C)CC4)nnc2c(N)c1F. The summed E-state index contributed by atoms with van der Waals surface area (Å²) in [4.78, 5) is 18.4. The van der Waals surface area contributed by atoms with E-state index in [1.54, 1.807) is 27.6 Å². The van der Waals surface area contributed by atoms with Gasteiger partial charge >= 0.3 is 0 Å². The number of aromatic nitrogens is 6. The first-order valence-electron chi connectivity index (χ1n) is 10.7. The van der Waals surface area contributed by atoms with Gasteiger partial charge in [-0.1, -0.05) is 0 Å². The zero-order valence-electron chi connectivity index (χ0n) is 18.6. The Morgan fingerprint density at radius 3 is 2.73 bits per heavy atom. The van der Waals surface area contributed by atoms with E-state index >= 15 is 0 Å². The lowest BCUT2D eigenvalue weighted by atomic mass is 10.1. The quantitative estimate of drug-likeness (QED) is 0.460. The monoisotopic (exact) mass is 449 g/mol. The minimum Gasteiger partial charge on any atom is -0.394 e. The summed E-state index contributed by atoms with van der Waals surface area (Å²) in [5.74, 6) is 0.468. The van der Waals surface area contributed by atoms with Gasteiger partial charge in [0, 0.05) is 48.0 Å². The van der Waals surface area contributed by atoms with Crippen molar-refractivity contribution < 1.29 is 9.18 Å². The Morgan fingerprint density at radius 2 is 2.00 bits per heavy atom. The molecule has 0 unspecified atom stereocenters. The zero-order valence-corrected chi connectivity index (χ0v) is 18.6. The van der Waals surface area contributed by atoms with Gasteiger partial charge in [0.25, 0.3) is 0 Å². The van der Waals surface area contributed by atoms with Gasteiger partial charge in [0.15, 0.2) is 17.5 Å². The lowest BCUT2D eigenvalue weighted by Gasteiger charge is -2.24. The largest absolute Gasteiger partial charge is 0.394 e. The van der Waals surface area contributed by atoms with Crippen LogP contribution in [0.25, 0.3) is 16.6 Å². The molecule has 1 aromatic carbocycles. The Kier molecular flexibility index (Phi) is 4.95. The molecule has 1 aliphatic heterocycles. The number of anilines is 3. The van der Waals surface area contributed by atoms with E-state index in [9.17, 15) is 9.18 Å². The standard InChI is InChI=1S/C22H24FN9O/c1-12(2)30-5-4-15-8-18(29-32(15)10-19(30)33)26-17-7-14-6-16(31-11-25-9-13(31)3)20(23)21(24)22(14)28-27-17/h6-9,11-12H,4-5,10,24H2,1-3H3,(H,26,27,29). The smallest absolute Gasteiger partial charge is 0.244 e. The molecule has 3 aromatic heterocycles. The van der Waals surface area contributed by atoms with Crippen molar-refractivity contribution in [2.75, 3.05) is 17.6 Å². The Morgan fingerprint density at radius 1 is 1.18 bits per heavy atom. The number of hydrogen-bond donors (Lipinski definition) is 2. The van der Waals surface area contributed by atoms with Gasteiger partial charge in [0.05, 0.1) is 17.7 Å². The first-order valence-corrected chi connectivity index (χ1v) is 10.7. The third-order valence-electron chi connectivity index (χ3n) is 5.87. The van der Waals surface area contributed by atoms with E-state index in [1.807, 2.05) is 31.7 Å². The van der Waals surface area contributed by atoms with Crippen molar-refractivity contribution in [2.45, 2.75) is 39.8 Å². The van der Waals surface area contributed by atoms with Crippen LogP contribution >= 0.6 is 0 Å². The second kappa shape index (κ2) is 7.84. The third-order valence-corrected chi connectivity index (χ3v) is 5.87. The van der Waals surface area contributed by atoms with E-state index in [0.29, 0.717) is 30.0 Å². The molecule has 4 heterocycles. The van der Waals surface area contributed by atoms with Gasteiger partial charge in [-0.05, 0) is 32.9 Å². The second-order valence-electron chi connectivity index (χ2n) is 8.43. The van der Waals surface area contributed by atoms with E-state index in [4.69, 9.17) is 5.73 Å². The fraction of sp³-hybridized carbons (Fsp3) is 0.318. The molecule has 1 aliphatic rings. The molecule has 10 nitrogen and oxygen atoms in total. The van der Waals surface area contributed by atoms with Gasteiger partial charge in [-0.15, -0.1) is 10.2 Å². The summed E-state index contributed by atoms with van der Waals surface area (Å²) in [5, 5.41) is 16.5. The Hall–Kier alpha value is -4.02. The number of carbonyl (C=O) groups excluding carboxylic acids is 1. The first kappa shape index (κ1) is 20.9. The topological polar surface area (TPSA) is 120 Å². The number of benzene rings is 1. The number of nitrogens with two attached hydrogens (primary N) is 1. The number of rotatable bonds is 4. The molecule has 0 aliphatic carbocycles. The molecule has 0 saturated carbocycles. The van der Waals surface area contributed by atoms with Crippen LogP contribution in [0.2, 0.25) is 0 Å². The minimum absolute atomic E-state index is 0.0451. The molecule has 4 aromatic rings. The summed E-state index contributed by atoms with van der Waals surface area (Å²) in [5.41, 5.74) is 8.25. The number of nitrogens with zero attached hydrogens (tertiary/aromatic N) is 7. The zero-order chi connectivity index (χ0) is 23.3. The molecule has 0 saturated heterocycles. The summed E-state index contributed by atoms with van der Waals surface area (Å²) < 4.78 is 18.2. The lowest BCUT2D eigenvalue weighted by Crippen LogP contribution is -2.38. The van der Waals surface area contributed by atoms with E-state index in [-0.39, 0.29) is 35.4 Å². The molecule has 0 bridgehead atoms. The number of nitrogens with one attached hydrogen (secondary N) is 1. The molecule has 0 atom stereocenters. The van der Waals surface area contributed by atoms with Gasteiger partial charge in [-0.25, -0.2) is 9.37 Å². The number of aryl methyl sites for hydroxylation is 1. The summed E-state index contributed by atoms with van der Waals surface area (Å²) in [6, 6.07) is 5.46. The Balaban J connectivity index is 1.46. The van der Waals surface area contributed by atoms with E-state index in [2.05, 4.69) is 25.6 Å². The minimum atomic E-state index is -0.573. The fourth-order valence-corrected chi connectivity index (χ4v) is 4.14. The highest BCUT2D eigenvalue weighted by molar-refractivity contribution is 5.93. The first-order chi connectivity index (χ1) is 15.8. The van der Waals surface area contributed by atoms with Gasteiger partial charge in [-0.2, -0.15) is 5.10 Å². The molecule has 170 valence electrons. The third kappa shape index (κ3) is 3.65. The molecule has 0 radical (unpaired) electrons. The van der Waals surface area contributed by atoms with Crippen molar-refractivity contribution in [3.63, 3.8) is 0 Å². The maximum absolute atomic E-state index is 14.9. The summed E-state index contributed by atoms with van der Waals surface area (Å²) in [6.07, 6.45) is 3.89. The van der Waals surface area contributed by atoms with Crippen LogP contribution in [0.15, 0.2) is 30.7 Å². The molecule has 11 heteroatoms. The number of imidazole rings is 1. The molecule has 0 spiro atoms. The number of amides is 1. The molecule has 3 N–H and O–H groups in total. The molecule has 33 heavy (non-hydrogen) atoms. The number of halogens is 1. The molecule has 0 fully saturated rings. The van der Waals surface area contributed by atoms with Crippen LogP contribution in [0.5, 0.6) is 0 Å². The lowest BCUT2D eigenvalue weighted by molar-refractivity contribution is -0.133. The van der Waals surface area contributed by atoms with Crippen molar-refractivity contribution >= 4 is 34.1 Å². The number of nitrogen functional groups attached to an aromatic ring is 1. The predicted molar refractivity (Wildman–Crippen MR) is 122 cm³/mol. The van der Waals surface area contributed by atoms with Crippen molar-refractivity contribution in [3.05, 3.63) is 47.9 Å². The summed E-state index contributed by atoms with van der Waals surface area (Å²) >= 11 is 0. The summed E-state index contributed by atoms with van der Waals surface area (Å²) in [6.45, 7) is 6.70. The molecular formula is C22H24FN9O. The Labute approximate surface area is 189 Å². The van der Waals surface area contributed by atoms with E-state index in [0.717, 1.165) is 11.4 Å². The van der Waals surface area contributed by atoms with Gasteiger partial charge in [0.2, 0.25) is 5.91 Å². The van der Waals surface area contributed by atoms with Gasteiger partial charge < -0.3 is 20.5 Å². The average molecular weight is 449 g/mol. The van der Waals surface area contributed by atoms with E-state index in [1.165, 1.54) is 6.33 Å². The van der Waals surface area contributed by atoms with Crippen LogP contribution in [-0.4, -0.2) is 52.9 Å². The van der Waals surface area contributed by atoms with Crippen LogP contribution in [-0.2, 0) is 17.8 Å². The highest BCUT2D eigenvalue weighted by atomic mass is 19.1. The normalized spacial score (nSPS) is 14.1. The molecule has 1 amide bonds. The van der Waals surface area contributed by atoms with Crippen LogP contribution in [0, 0.1) is 12.7 Å². The van der Waals surface area contributed by atoms with Crippen LogP contribution in [0.1, 0.15) is 25.2 Å². The van der Waals surface area contributed by atoms with Crippen LogP contribution in [0.3, 0.4) is 0 Å². The van der Waals surface area contributed by atoms with Crippen LogP contribution in [0.4, 0.5) is 21.7 Å². The van der Waals surface area contributed by atoms with Crippen molar-refractivity contribution in [2.24, 2.45) is 0 Å². The number of carbonyl (C=O) groups is 1. The predicted octanol–water partition coefficient (Wildman–Crippen LogP) is 2.58. The van der Waals surface area contributed by atoms with Gasteiger partial charge in [0.1, 0.15) is 12.1 Å². The second-order valence-corrected chi connectivity index (χ2v) is 8.43. The van der Waals surface area contributed by atoms with Crippen molar-refractivity contribution in [3.8, 4) is 5.69 Å². The van der Waals surface area contributed by atoms with E-state index < -0.39 is 5.82 Å². The maximum Gasteiger partial charge on any atom is 0.244 e. The summed E-state index contributed by atoms with van der Waals surface area (Å²) in [7, 11) is 0. The molecular weight excluding hydrogens is 425 g/mol. The number of fused-ring (bicyclic) bond motifs is 2. The van der Waals surface area contributed by atoms with Crippen LogP contribution < -0.4 is 11.1 Å². The number of hydrogen-bond acceptors (Lipinski definition) is 7. The fourth-order valence-electron chi connectivity index (χ4n) is 4.14. The average Bonchev–Trinajstić information content (AvgIpc) is 3.32. The maximum atomic E-state index is 14.9. The van der Waals surface area contributed by atoms with Crippen molar-refractivity contribution in [1.82, 2.24) is 34.4 Å². The Bertz CT molecular complexity index is 1370. The van der Waals surface area contributed by atoms with Crippen molar-refractivity contribution in [1.29, 1.82) is 0 Å². The highest BCUT2D eigenvalue weighted by Crippen LogP contribution is 2.30. The highest BCUT2D eigenvalue weighted by Gasteiger charge is 2.24. The van der Waals surface area contributed by atoms with Gasteiger partial charge in [-0.3, -0.25) is 9.48 Å².